The molecule has 0 aromatic heterocycles. The van der Waals surface area contributed by atoms with E-state index in [1.54, 1.807) is 36.4 Å². The van der Waals surface area contributed by atoms with Gasteiger partial charge in [0.25, 0.3) is 10.0 Å². The second-order valence-electron chi connectivity index (χ2n) is 9.78. The lowest BCUT2D eigenvalue weighted by molar-refractivity contribution is -0.140. The fraction of sp³-hybridized carbons (Fsp3) is 0.355. The van der Waals surface area contributed by atoms with Crippen LogP contribution in [0.2, 0.25) is 0 Å². The third kappa shape index (κ3) is 7.63. The molecule has 0 heterocycles. The van der Waals surface area contributed by atoms with Crippen molar-refractivity contribution in [2.45, 2.75) is 64.1 Å². The summed E-state index contributed by atoms with van der Waals surface area (Å²) >= 11 is 0. The van der Waals surface area contributed by atoms with E-state index in [9.17, 15) is 18.0 Å². The summed E-state index contributed by atoms with van der Waals surface area (Å²) < 4.78 is 34.3. The van der Waals surface area contributed by atoms with E-state index in [0.29, 0.717) is 12.2 Å². The van der Waals surface area contributed by atoms with E-state index in [-0.39, 0.29) is 29.1 Å². The molecule has 0 spiro atoms. The summed E-state index contributed by atoms with van der Waals surface area (Å²) in [5, 5.41) is 2.98. The van der Waals surface area contributed by atoms with Crippen LogP contribution in [0.15, 0.2) is 83.8 Å². The van der Waals surface area contributed by atoms with Gasteiger partial charge in [-0.2, -0.15) is 0 Å². The Morgan fingerprint density at radius 1 is 0.925 bits per heavy atom. The highest BCUT2D eigenvalue weighted by atomic mass is 32.2. The van der Waals surface area contributed by atoms with Crippen LogP contribution in [0.4, 0.5) is 5.69 Å². The molecule has 3 aromatic rings. The highest BCUT2D eigenvalue weighted by Gasteiger charge is 2.34. The maximum Gasteiger partial charge on any atom is 0.264 e. The van der Waals surface area contributed by atoms with Crippen molar-refractivity contribution in [3.05, 3.63) is 90.0 Å². The summed E-state index contributed by atoms with van der Waals surface area (Å²) in [6, 6.07) is 21.6. The average molecular weight is 566 g/mol. The van der Waals surface area contributed by atoms with Crippen LogP contribution in [0, 0.1) is 6.92 Å². The molecule has 0 bridgehead atoms. The summed E-state index contributed by atoms with van der Waals surface area (Å²) in [4.78, 5) is 28.9. The minimum absolute atomic E-state index is 0.0601. The predicted octanol–water partition coefficient (Wildman–Crippen LogP) is 4.92. The number of carbonyl (C=O) groups is 2. The molecule has 3 aromatic carbocycles. The van der Waals surface area contributed by atoms with E-state index >= 15 is 0 Å². The maximum atomic E-state index is 14.1. The normalized spacial score (nSPS) is 12.7. The van der Waals surface area contributed by atoms with Crippen LogP contribution < -0.4 is 14.4 Å². The van der Waals surface area contributed by atoms with Gasteiger partial charge in [0.05, 0.1) is 17.7 Å². The van der Waals surface area contributed by atoms with Gasteiger partial charge in [0.15, 0.2) is 0 Å². The summed E-state index contributed by atoms with van der Waals surface area (Å²) in [6.07, 6.45) is 1.11. The Balaban J connectivity index is 2.06. The smallest absolute Gasteiger partial charge is 0.264 e. The SMILES string of the molecule is CC[C@H](C(=O)N[C@@H](C)CC)N(Cc1ccccc1)C(=O)CN(c1cccc(OC)c1)S(=O)(=O)c1ccc(C)cc1. The molecular formula is C31H39N3O5S. The molecule has 0 radical (unpaired) electrons. The summed E-state index contributed by atoms with van der Waals surface area (Å²) in [6.45, 7) is 7.25. The number of nitrogens with one attached hydrogen (secondary N) is 1. The molecule has 0 aliphatic heterocycles. The molecule has 0 aliphatic rings. The Morgan fingerprint density at radius 2 is 1.60 bits per heavy atom. The average Bonchev–Trinajstić information content (AvgIpc) is 2.96. The lowest BCUT2D eigenvalue weighted by atomic mass is 10.1. The number of benzene rings is 3. The molecule has 2 amide bonds. The molecule has 3 rings (SSSR count). The standard InChI is InChI=1S/C31H39N3O5S/c1-6-24(4)32-31(36)29(7-2)33(21-25-12-9-8-10-13-25)30(35)22-34(26-14-11-15-27(20-26)39-5)40(37,38)28-18-16-23(3)17-19-28/h8-20,24,29H,6-7,21-22H2,1-5H3,(H,32,36)/t24-,29+/m0/s1. The molecular weight excluding hydrogens is 526 g/mol. The van der Waals surface area contributed by atoms with E-state index in [4.69, 9.17) is 4.74 Å². The minimum atomic E-state index is -4.14. The van der Waals surface area contributed by atoms with E-state index < -0.39 is 28.5 Å². The van der Waals surface area contributed by atoms with Crippen LogP contribution in [0.3, 0.4) is 0 Å². The zero-order valence-corrected chi connectivity index (χ0v) is 24.6. The fourth-order valence-corrected chi connectivity index (χ4v) is 5.68. The molecule has 2 atom stereocenters. The lowest BCUT2D eigenvalue weighted by Crippen LogP contribution is -2.53. The zero-order chi connectivity index (χ0) is 29.3. The molecule has 0 saturated heterocycles. The van der Waals surface area contributed by atoms with Crippen molar-refractivity contribution in [1.82, 2.24) is 10.2 Å². The van der Waals surface area contributed by atoms with E-state index in [2.05, 4.69) is 5.32 Å². The summed E-state index contributed by atoms with van der Waals surface area (Å²) in [7, 11) is -2.65. The van der Waals surface area contributed by atoms with Crippen molar-refractivity contribution < 1.29 is 22.7 Å². The first kappa shape index (κ1) is 30.7. The Bertz CT molecular complexity index is 1380. The number of anilines is 1. The molecule has 0 aliphatic carbocycles. The Kier molecular flexibility index (Phi) is 10.7. The van der Waals surface area contributed by atoms with Crippen molar-refractivity contribution in [3.63, 3.8) is 0 Å². The molecule has 0 saturated carbocycles. The molecule has 0 unspecified atom stereocenters. The van der Waals surface area contributed by atoms with Crippen LogP contribution in [0.25, 0.3) is 0 Å². The third-order valence-corrected chi connectivity index (χ3v) is 8.60. The Labute approximate surface area is 238 Å². The number of ether oxygens (including phenoxy) is 1. The number of hydrogen-bond acceptors (Lipinski definition) is 5. The first-order chi connectivity index (χ1) is 19.1. The van der Waals surface area contributed by atoms with Crippen LogP contribution in [0.1, 0.15) is 44.7 Å². The predicted molar refractivity (Wildman–Crippen MR) is 158 cm³/mol. The number of methoxy groups -OCH3 is 1. The van der Waals surface area contributed by atoms with Crippen LogP contribution in [0.5, 0.6) is 5.75 Å². The van der Waals surface area contributed by atoms with Crippen LogP contribution in [-0.2, 0) is 26.2 Å². The van der Waals surface area contributed by atoms with Gasteiger partial charge in [0.1, 0.15) is 18.3 Å². The van der Waals surface area contributed by atoms with Gasteiger partial charge in [-0.1, -0.05) is 67.9 Å². The molecule has 40 heavy (non-hydrogen) atoms. The van der Waals surface area contributed by atoms with Gasteiger partial charge in [0.2, 0.25) is 11.8 Å². The van der Waals surface area contributed by atoms with Crippen LogP contribution >= 0.6 is 0 Å². The first-order valence-electron chi connectivity index (χ1n) is 13.5. The highest BCUT2D eigenvalue weighted by Crippen LogP contribution is 2.28. The van der Waals surface area contributed by atoms with Crippen molar-refractivity contribution >= 4 is 27.5 Å². The lowest BCUT2D eigenvalue weighted by Gasteiger charge is -2.33. The van der Waals surface area contributed by atoms with Gasteiger partial charge in [-0.25, -0.2) is 8.42 Å². The van der Waals surface area contributed by atoms with Gasteiger partial charge < -0.3 is 15.0 Å². The molecule has 8 nitrogen and oxygen atoms in total. The minimum Gasteiger partial charge on any atom is -0.497 e. The number of nitrogens with zero attached hydrogens (tertiary/aromatic N) is 2. The number of rotatable bonds is 13. The Hall–Kier alpha value is -3.85. The van der Waals surface area contributed by atoms with Gasteiger partial charge >= 0.3 is 0 Å². The van der Waals surface area contributed by atoms with Gasteiger partial charge in [-0.3, -0.25) is 13.9 Å². The number of sulfonamides is 1. The van der Waals surface area contributed by atoms with Gasteiger partial charge in [-0.15, -0.1) is 0 Å². The molecule has 9 heteroatoms. The zero-order valence-electron chi connectivity index (χ0n) is 23.8. The molecule has 0 fully saturated rings. The largest absolute Gasteiger partial charge is 0.497 e. The van der Waals surface area contributed by atoms with Crippen molar-refractivity contribution in [2.75, 3.05) is 18.0 Å². The number of carbonyl (C=O) groups excluding carboxylic acids is 2. The van der Waals surface area contributed by atoms with Gasteiger partial charge in [0, 0.05) is 18.7 Å². The van der Waals surface area contributed by atoms with Gasteiger partial charge in [-0.05, 0) is 56.5 Å². The fourth-order valence-electron chi connectivity index (χ4n) is 4.27. The molecule has 1 N–H and O–H groups in total. The quantitative estimate of drug-likeness (QED) is 0.317. The number of hydrogen-bond donors (Lipinski definition) is 1. The van der Waals surface area contributed by atoms with E-state index in [0.717, 1.165) is 21.9 Å². The van der Waals surface area contributed by atoms with Crippen molar-refractivity contribution in [2.24, 2.45) is 0 Å². The first-order valence-corrected chi connectivity index (χ1v) is 14.9. The second kappa shape index (κ2) is 14.0. The highest BCUT2D eigenvalue weighted by molar-refractivity contribution is 7.92. The Morgan fingerprint density at radius 3 is 2.20 bits per heavy atom. The molecule has 214 valence electrons. The maximum absolute atomic E-state index is 14.1. The third-order valence-electron chi connectivity index (χ3n) is 6.81. The van der Waals surface area contributed by atoms with Crippen molar-refractivity contribution in [3.8, 4) is 5.75 Å². The second-order valence-corrected chi connectivity index (χ2v) is 11.6. The topological polar surface area (TPSA) is 96.0 Å². The summed E-state index contributed by atoms with van der Waals surface area (Å²) in [5.74, 6) is -0.307. The summed E-state index contributed by atoms with van der Waals surface area (Å²) in [5.41, 5.74) is 2.03. The van der Waals surface area contributed by atoms with Crippen molar-refractivity contribution in [1.29, 1.82) is 0 Å². The van der Waals surface area contributed by atoms with E-state index in [1.807, 2.05) is 58.0 Å². The number of amides is 2. The van der Waals surface area contributed by atoms with Crippen LogP contribution in [-0.4, -0.2) is 50.9 Å². The van der Waals surface area contributed by atoms with E-state index in [1.165, 1.54) is 24.1 Å². The number of aryl methyl sites for hydroxylation is 1. The monoisotopic (exact) mass is 565 g/mol.